The molecule has 26 heavy (non-hydrogen) atoms. The number of rotatable bonds is 12. The second-order valence-corrected chi connectivity index (χ2v) is 6.26. The summed E-state index contributed by atoms with van der Waals surface area (Å²) in [4.78, 5) is 45.7. The van der Waals surface area contributed by atoms with Gasteiger partial charge in [0.2, 0.25) is 12.0 Å². The van der Waals surface area contributed by atoms with Gasteiger partial charge in [-0.05, 0) is 12.8 Å². The van der Waals surface area contributed by atoms with E-state index in [2.05, 4.69) is 24.5 Å². The summed E-state index contributed by atoms with van der Waals surface area (Å²) in [6.07, 6.45) is -1.48. The van der Waals surface area contributed by atoms with Gasteiger partial charge in [0.1, 0.15) is 6.04 Å². The van der Waals surface area contributed by atoms with Crippen molar-refractivity contribution in [2.24, 2.45) is 11.7 Å². The maximum absolute atomic E-state index is 12.1. The minimum Gasteiger partial charge on any atom is -0.480 e. The normalized spacial score (nSPS) is 15.2. The van der Waals surface area contributed by atoms with Crippen molar-refractivity contribution < 1.29 is 39.2 Å². The van der Waals surface area contributed by atoms with Crippen LogP contribution in [-0.4, -0.2) is 63.9 Å². The summed E-state index contributed by atoms with van der Waals surface area (Å²) in [6.45, 7) is 4.29. The molecule has 11 heteroatoms. The van der Waals surface area contributed by atoms with E-state index in [0.29, 0.717) is 0 Å². The Morgan fingerprint density at radius 2 is 1.81 bits per heavy atom. The lowest BCUT2D eigenvalue weighted by Crippen LogP contribution is -2.45. The average Bonchev–Trinajstić information content (AvgIpc) is 2.55. The van der Waals surface area contributed by atoms with Crippen LogP contribution in [0, 0.1) is 5.92 Å². The maximum Gasteiger partial charge on any atom is 0.345 e. The molecule has 0 aromatic carbocycles. The highest BCUT2D eigenvalue weighted by molar-refractivity contribution is 7.84. The number of aliphatic hydroxyl groups excluding tert-OH is 1. The number of hydrogen-bond donors (Lipinski definition) is 6. The Bertz CT molecular complexity index is 554. The number of esters is 1. The Labute approximate surface area is 155 Å². The fraction of sp³-hybridized carbons (Fsp3) is 0.600. The van der Waals surface area contributed by atoms with E-state index in [1.165, 1.54) is 6.92 Å². The molecule has 0 spiro atoms. The minimum atomic E-state index is -1.60. The van der Waals surface area contributed by atoms with E-state index >= 15 is 0 Å². The molecule has 0 aliphatic rings. The molecule has 148 valence electrons. The first-order valence-electron chi connectivity index (χ1n) is 7.70. The van der Waals surface area contributed by atoms with Crippen molar-refractivity contribution in [1.82, 2.24) is 5.32 Å². The summed E-state index contributed by atoms with van der Waals surface area (Å²) in [5.41, 5.74) is 5.32. The van der Waals surface area contributed by atoms with Gasteiger partial charge in [0.25, 0.3) is 0 Å². The van der Waals surface area contributed by atoms with Gasteiger partial charge in [0.15, 0.2) is 6.04 Å². The second-order valence-electron chi connectivity index (χ2n) is 5.68. The van der Waals surface area contributed by atoms with Crippen molar-refractivity contribution in [3.63, 3.8) is 0 Å². The van der Waals surface area contributed by atoms with Crippen LogP contribution >= 0.6 is 12.6 Å². The molecule has 0 aliphatic heterocycles. The molecule has 0 saturated carbocycles. The van der Waals surface area contributed by atoms with Crippen LogP contribution in [0.5, 0.6) is 0 Å². The van der Waals surface area contributed by atoms with E-state index in [1.54, 1.807) is 0 Å². The first-order valence-corrected chi connectivity index (χ1v) is 8.15. The number of carboxylic acids is 2. The van der Waals surface area contributed by atoms with Gasteiger partial charge in [-0.2, -0.15) is 0 Å². The highest BCUT2D eigenvalue weighted by atomic mass is 32.1. The fourth-order valence-electron chi connectivity index (χ4n) is 1.82. The molecule has 0 saturated heterocycles. The lowest BCUT2D eigenvalue weighted by molar-refractivity contribution is -0.169. The number of nitrogens with two attached hydrogens (primary N) is 1. The van der Waals surface area contributed by atoms with Crippen LogP contribution in [0.25, 0.3) is 0 Å². The third kappa shape index (κ3) is 8.32. The van der Waals surface area contributed by atoms with Gasteiger partial charge < -0.3 is 31.1 Å². The Kier molecular flexibility index (Phi) is 10.6. The van der Waals surface area contributed by atoms with Crippen molar-refractivity contribution in [1.29, 1.82) is 0 Å². The van der Waals surface area contributed by atoms with Gasteiger partial charge in [-0.3, -0.25) is 9.59 Å². The summed E-state index contributed by atoms with van der Waals surface area (Å²) in [6, 6.07) is -2.49. The van der Waals surface area contributed by atoms with Gasteiger partial charge in [0.05, 0.1) is 0 Å². The predicted octanol–water partition coefficient (Wildman–Crippen LogP) is -0.878. The first-order chi connectivity index (χ1) is 12.0. The molecule has 4 atom stereocenters. The lowest BCUT2D eigenvalue weighted by Gasteiger charge is -2.23. The molecule has 0 radical (unpaired) electrons. The lowest BCUT2D eigenvalue weighted by atomic mass is 10.1. The standard InChI is InChI=1S/C15H24N2O8S/c1-7(6-18)12(14(22)23)25-15(24)11(8(2)26)17-10(19)5-3-4-9(16)13(20)21/h7,9,11-12,18,26H,2-6,16H2,1H3,(H,17,19)(H,20,21)(H,22,23)/t7-,9+,11+,12-/m1/s1. The highest BCUT2D eigenvalue weighted by Crippen LogP contribution is 2.13. The number of carbonyl (C=O) groups is 4. The van der Waals surface area contributed by atoms with E-state index in [4.69, 9.17) is 25.8 Å². The van der Waals surface area contributed by atoms with Gasteiger partial charge in [-0.15, -0.1) is 12.6 Å². The summed E-state index contributed by atoms with van der Waals surface area (Å²) in [5, 5.41) is 29.0. The number of hydrogen-bond acceptors (Lipinski definition) is 8. The molecular weight excluding hydrogens is 368 g/mol. The third-order valence-corrected chi connectivity index (χ3v) is 3.66. The summed E-state index contributed by atoms with van der Waals surface area (Å²) >= 11 is 3.90. The Morgan fingerprint density at radius 3 is 2.23 bits per heavy atom. The molecule has 6 N–H and O–H groups in total. The minimum absolute atomic E-state index is 0.0643. The number of amides is 1. The molecule has 1 amide bonds. The highest BCUT2D eigenvalue weighted by Gasteiger charge is 2.32. The van der Waals surface area contributed by atoms with Gasteiger partial charge in [-0.1, -0.05) is 13.5 Å². The van der Waals surface area contributed by atoms with Crippen molar-refractivity contribution in [3.05, 3.63) is 11.5 Å². The van der Waals surface area contributed by atoms with E-state index in [0.717, 1.165) is 0 Å². The van der Waals surface area contributed by atoms with Crippen molar-refractivity contribution in [3.8, 4) is 0 Å². The number of carboxylic acid groups (broad SMARTS) is 2. The molecule has 0 unspecified atom stereocenters. The number of aliphatic hydroxyl groups is 1. The topological polar surface area (TPSA) is 176 Å². The third-order valence-electron chi connectivity index (χ3n) is 3.40. The quantitative estimate of drug-likeness (QED) is 0.182. The van der Waals surface area contributed by atoms with Crippen LogP contribution in [0.2, 0.25) is 0 Å². The summed E-state index contributed by atoms with van der Waals surface area (Å²) in [5.74, 6) is -5.20. The zero-order valence-corrected chi connectivity index (χ0v) is 15.1. The summed E-state index contributed by atoms with van der Waals surface area (Å²) in [7, 11) is 0. The molecule has 0 aromatic rings. The average molecular weight is 392 g/mol. The van der Waals surface area contributed by atoms with Crippen molar-refractivity contribution in [2.75, 3.05) is 6.61 Å². The van der Waals surface area contributed by atoms with Crippen molar-refractivity contribution >= 4 is 36.4 Å². The zero-order valence-electron chi connectivity index (χ0n) is 14.3. The van der Waals surface area contributed by atoms with Gasteiger partial charge in [-0.25, -0.2) is 9.59 Å². The molecule has 0 aromatic heterocycles. The second kappa shape index (κ2) is 11.5. The summed E-state index contributed by atoms with van der Waals surface area (Å²) < 4.78 is 4.84. The number of thiol groups is 1. The molecule has 0 fully saturated rings. The molecule has 0 heterocycles. The van der Waals surface area contributed by atoms with Crippen LogP contribution < -0.4 is 11.1 Å². The maximum atomic E-state index is 12.1. The SMILES string of the molecule is C=C(S)[C@H](NC(=O)CCC[C@H](N)C(=O)O)C(=O)O[C@@H](C(=O)O)[C@H](C)CO. The first kappa shape index (κ1) is 23.9. The van der Waals surface area contributed by atoms with Crippen LogP contribution in [0.4, 0.5) is 0 Å². The molecule has 0 rings (SSSR count). The monoisotopic (exact) mass is 392 g/mol. The molecule has 10 nitrogen and oxygen atoms in total. The molecule has 0 bridgehead atoms. The predicted molar refractivity (Wildman–Crippen MR) is 93.3 cm³/mol. The Morgan fingerprint density at radius 1 is 1.23 bits per heavy atom. The number of carbonyl (C=O) groups excluding carboxylic acids is 2. The largest absolute Gasteiger partial charge is 0.480 e. The molecular formula is C15H24N2O8S. The van der Waals surface area contributed by atoms with Gasteiger partial charge >= 0.3 is 17.9 Å². The van der Waals surface area contributed by atoms with E-state index < -0.39 is 54.5 Å². The van der Waals surface area contributed by atoms with E-state index in [-0.39, 0.29) is 24.2 Å². The number of aliphatic carboxylic acids is 2. The van der Waals surface area contributed by atoms with Crippen LogP contribution in [0.1, 0.15) is 26.2 Å². The Balaban J connectivity index is 4.79. The van der Waals surface area contributed by atoms with E-state index in [9.17, 15) is 19.2 Å². The Hall–Kier alpha value is -2.11. The number of nitrogens with one attached hydrogen (secondary N) is 1. The van der Waals surface area contributed by atoms with E-state index in [1.807, 2.05) is 0 Å². The smallest absolute Gasteiger partial charge is 0.345 e. The molecule has 0 aliphatic carbocycles. The van der Waals surface area contributed by atoms with Crippen LogP contribution in [0.3, 0.4) is 0 Å². The van der Waals surface area contributed by atoms with Gasteiger partial charge in [0, 0.05) is 23.9 Å². The van der Waals surface area contributed by atoms with Crippen molar-refractivity contribution in [2.45, 2.75) is 44.4 Å². The van der Waals surface area contributed by atoms with Crippen LogP contribution in [0.15, 0.2) is 11.5 Å². The van der Waals surface area contributed by atoms with Crippen LogP contribution in [-0.2, 0) is 23.9 Å². The zero-order chi connectivity index (χ0) is 20.4. The number of ether oxygens (including phenoxy) is 1. The fourth-order valence-corrected chi connectivity index (χ4v) is 1.99.